The second kappa shape index (κ2) is 7.80. The number of anilines is 1. The van der Waals surface area contributed by atoms with Gasteiger partial charge in [-0.2, -0.15) is 0 Å². The van der Waals surface area contributed by atoms with Crippen LogP contribution in [0.1, 0.15) is 39.2 Å². The van der Waals surface area contributed by atoms with Crippen LogP contribution in [-0.4, -0.2) is 25.4 Å². The summed E-state index contributed by atoms with van der Waals surface area (Å²) in [6, 6.07) is 10.1. The van der Waals surface area contributed by atoms with Gasteiger partial charge in [-0.05, 0) is 31.2 Å². The molecule has 1 aromatic carbocycles. The van der Waals surface area contributed by atoms with E-state index >= 15 is 0 Å². The number of nitrogens with one attached hydrogen (secondary N) is 2. The Bertz CT molecular complexity index is 770. The van der Waals surface area contributed by atoms with Gasteiger partial charge >= 0.3 is 0 Å². The highest BCUT2D eigenvalue weighted by Gasteiger charge is 2.25. The molecule has 1 aromatic heterocycles. The van der Waals surface area contributed by atoms with Gasteiger partial charge in [-0.25, -0.2) is 0 Å². The number of aryl methyl sites for hydroxylation is 1. The lowest BCUT2D eigenvalue weighted by atomic mass is 9.95. The maximum Gasteiger partial charge on any atom is 0.280 e. The van der Waals surface area contributed by atoms with Crippen molar-refractivity contribution in [3.63, 3.8) is 0 Å². The summed E-state index contributed by atoms with van der Waals surface area (Å²) in [5.41, 5.74) is 8.33. The molecule has 1 unspecified atom stereocenters. The highest BCUT2D eigenvalue weighted by atomic mass is 32.1. The summed E-state index contributed by atoms with van der Waals surface area (Å²) < 4.78 is 0. The molecule has 2 amide bonds. The first kappa shape index (κ1) is 17.6. The van der Waals surface area contributed by atoms with Gasteiger partial charge in [0.25, 0.3) is 11.8 Å². The van der Waals surface area contributed by atoms with E-state index in [0.717, 1.165) is 42.7 Å². The van der Waals surface area contributed by atoms with Crippen molar-refractivity contribution in [3.05, 3.63) is 51.9 Å². The normalized spacial score (nSPS) is 14.6. The average molecular weight is 358 g/mol. The molecular formula is C19H24N3O2S+. The van der Waals surface area contributed by atoms with Crippen LogP contribution in [0.15, 0.2) is 30.3 Å². The number of hydrogen-bond acceptors (Lipinski definition) is 3. The molecule has 3 rings (SSSR count). The lowest BCUT2D eigenvalue weighted by Gasteiger charge is -2.14. The van der Waals surface area contributed by atoms with Crippen molar-refractivity contribution < 1.29 is 14.5 Å². The molecule has 0 saturated heterocycles. The first-order chi connectivity index (χ1) is 12.0. The second-order valence-electron chi connectivity index (χ2n) is 6.62. The van der Waals surface area contributed by atoms with Gasteiger partial charge in [-0.15, -0.1) is 11.3 Å². The van der Waals surface area contributed by atoms with E-state index in [-0.39, 0.29) is 5.91 Å². The predicted octanol–water partition coefficient (Wildman–Crippen LogP) is 1.38. The van der Waals surface area contributed by atoms with E-state index in [1.54, 1.807) is 0 Å². The Morgan fingerprint density at radius 2 is 1.92 bits per heavy atom. The summed E-state index contributed by atoms with van der Waals surface area (Å²) in [6.45, 7) is 1.12. The van der Waals surface area contributed by atoms with Crippen molar-refractivity contribution >= 4 is 28.2 Å². The zero-order chi connectivity index (χ0) is 17.8. The van der Waals surface area contributed by atoms with E-state index in [2.05, 4.69) is 17.4 Å². The Morgan fingerprint density at radius 1 is 1.20 bits per heavy atom. The Balaban J connectivity index is 1.66. The molecule has 1 atom stereocenters. The third-order valence-corrected chi connectivity index (χ3v) is 5.69. The predicted molar refractivity (Wildman–Crippen MR) is 100 cm³/mol. The number of benzene rings is 1. The number of carbonyl (C=O) groups excluding carboxylic acids is 2. The van der Waals surface area contributed by atoms with Crippen LogP contribution in [0.25, 0.3) is 0 Å². The van der Waals surface area contributed by atoms with Gasteiger partial charge in [0.15, 0.2) is 6.54 Å². The van der Waals surface area contributed by atoms with Crippen LogP contribution in [0.3, 0.4) is 0 Å². The molecule has 0 aliphatic heterocycles. The van der Waals surface area contributed by atoms with Gasteiger partial charge < -0.3 is 16.0 Å². The molecule has 1 aliphatic carbocycles. The number of thiophene rings is 1. The summed E-state index contributed by atoms with van der Waals surface area (Å²) in [5.74, 6) is -0.533. The Kier molecular flexibility index (Phi) is 5.50. The van der Waals surface area contributed by atoms with Crippen molar-refractivity contribution in [2.45, 2.75) is 32.2 Å². The number of quaternary nitrogens is 1. The number of primary amides is 1. The van der Waals surface area contributed by atoms with Gasteiger partial charge in [0.1, 0.15) is 11.5 Å². The van der Waals surface area contributed by atoms with Gasteiger partial charge in [0.2, 0.25) is 0 Å². The summed E-state index contributed by atoms with van der Waals surface area (Å²) in [7, 11) is 1.99. The van der Waals surface area contributed by atoms with Crippen LogP contribution in [0.2, 0.25) is 0 Å². The van der Waals surface area contributed by atoms with Crippen LogP contribution in [0, 0.1) is 0 Å². The fourth-order valence-corrected chi connectivity index (χ4v) is 4.68. The zero-order valence-corrected chi connectivity index (χ0v) is 15.2. The van der Waals surface area contributed by atoms with E-state index in [0.29, 0.717) is 17.1 Å². The molecule has 0 spiro atoms. The maximum absolute atomic E-state index is 12.4. The lowest BCUT2D eigenvalue weighted by Crippen LogP contribution is -3.08. The summed E-state index contributed by atoms with van der Waals surface area (Å²) in [6.07, 6.45) is 4.04. The molecule has 1 heterocycles. The quantitative estimate of drug-likeness (QED) is 0.730. The van der Waals surface area contributed by atoms with Crippen molar-refractivity contribution in [1.82, 2.24) is 0 Å². The van der Waals surface area contributed by atoms with Gasteiger partial charge in [-0.3, -0.25) is 9.59 Å². The standard InChI is InChI=1S/C19H23N3O2S/c1-22(11-13-7-3-2-4-8-13)12-16(23)21-19-17(18(20)24)14-9-5-6-10-15(14)25-19/h2-4,7-8H,5-6,9-12H2,1H3,(H2,20,24)(H,21,23)/p+1. The number of hydrogen-bond donors (Lipinski definition) is 3. The van der Waals surface area contributed by atoms with E-state index in [4.69, 9.17) is 5.73 Å². The van der Waals surface area contributed by atoms with Crippen LogP contribution < -0.4 is 16.0 Å². The van der Waals surface area contributed by atoms with E-state index in [1.165, 1.54) is 21.8 Å². The molecular weight excluding hydrogens is 334 g/mol. The van der Waals surface area contributed by atoms with Crippen LogP contribution >= 0.6 is 11.3 Å². The highest BCUT2D eigenvalue weighted by Crippen LogP contribution is 2.37. The molecule has 0 fully saturated rings. The molecule has 1 aliphatic rings. The van der Waals surface area contributed by atoms with Crippen molar-refractivity contribution in [2.24, 2.45) is 5.73 Å². The van der Waals surface area contributed by atoms with Crippen molar-refractivity contribution in [2.75, 3.05) is 18.9 Å². The molecule has 5 nitrogen and oxygen atoms in total. The minimum absolute atomic E-state index is 0.0884. The average Bonchev–Trinajstić information content (AvgIpc) is 2.93. The summed E-state index contributed by atoms with van der Waals surface area (Å²) >= 11 is 1.51. The van der Waals surface area contributed by atoms with Crippen LogP contribution in [-0.2, 0) is 24.2 Å². The Labute approximate surface area is 151 Å². The molecule has 0 saturated carbocycles. The topological polar surface area (TPSA) is 76.6 Å². The van der Waals surface area contributed by atoms with E-state index in [9.17, 15) is 9.59 Å². The lowest BCUT2D eigenvalue weighted by molar-refractivity contribution is -0.885. The number of rotatable bonds is 6. The van der Waals surface area contributed by atoms with Gasteiger partial charge in [0, 0.05) is 10.4 Å². The minimum atomic E-state index is -0.445. The first-order valence-corrected chi connectivity index (χ1v) is 9.45. The molecule has 0 radical (unpaired) electrons. The largest absolute Gasteiger partial charge is 0.365 e. The fraction of sp³-hybridized carbons (Fsp3) is 0.368. The zero-order valence-electron chi connectivity index (χ0n) is 14.4. The number of amides is 2. The molecule has 6 heteroatoms. The number of fused-ring (bicyclic) bond motifs is 1. The van der Waals surface area contributed by atoms with Crippen molar-refractivity contribution in [3.8, 4) is 0 Å². The van der Waals surface area contributed by atoms with Gasteiger partial charge in [-0.1, -0.05) is 30.3 Å². The Morgan fingerprint density at radius 3 is 2.64 bits per heavy atom. The number of likely N-dealkylation sites (N-methyl/N-ethyl adjacent to an activating group) is 1. The number of nitrogens with two attached hydrogens (primary N) is 1. The third-order valence-electron chi connectivity index (χ3n) is 4.48. The SMILES string of the molecule is C[NH+](CC(=O)Nc1sc2c(c1C(N)=O)CCCC2)Cc1ccccc1. The molecule has 132 valence electrons. The summed E-state index contributed by atoms with van der Waals surface area (Å²) in [5, 5.41) is 3.55. The first-order valence-electron chi connectivity index (χ1n) is 8.64. The van der Waals surface area contributed by atoms with Crippen LogP contribution in [0.4, 0.5) is 5.00 Å². The molecule has 2 aromatic rings. The third kappa shape index (κ3) is 4.27. The van der Waals surface area contributed by atoms with E-state index < -0.39 is 5.91 Å². The van der Waals surface area contributed by atoms with Gasteiger partial charge in [0.05, 0.1) is 12.6 Å². The molecule has 25 heavy (non-hydrogen) atoms. The van der Waals surface area contributed by atoms with E-state index in [1.807, 2.05) is 25.2 Å². The highest BCUT2D eigenvalue weighted by molar-refractivity contribution is 7.17. The fourth-order valence-electron chi connectivity index (χ4n) is 3.37. The molecule has 4 N–H and O–H groups in total. The monoisotopic (exact) mass is 358 g/mol. The maximum atomic E-state index is 12.4. The molecule has 0 bridgehead atoms. The number of carbonyl (C=O) groups is 2. The second-order valence-corrected chi connectivity index (χ2v) is 7.73. The smallest absolute Gasteiger partial charge is 0.280 e. The summed E-state index contributed by atoms with van der Waals surface area (Å²) in [4.78, 5) is 26.6. The van der Waals surface area contributed by atoms with Crippen molar-refractivity contribution in [1.29, 1.82) is 0 Å². The minimum Gasteiger partial charge on any atom is -0.365 e. The Hall–Kier alpha value is -2.18. The van der Waals surface area contributed by atoms with Crippen LogP contribution in [0.5, 0.6) is 0 Å².